The zero-order chi connectivity index (χ0) is 14.2. The van der Waals surface area contributed by atoms with Gasteiger partial charge in [-0.2, -0.15) is 0 Å². The fourth-order valence-corrected chi connectivity index (χ4v) is 2.99. The standard InChI is InChI=1S/C18H20FN/c1-13-3-6-16(7-4-13)18(11-20-12-18)10-15-5-8-17(19)9-14(15)2/h3-9,20H,10-12H2,1-2H3. The summed E-state index contributed by atoms with van der Waals surface area (Å²) >= 11 is 0. The molecule has 0 spiro atoms. The molecule has 1 heterocycles. The van der Waals surface area contributed by atoms with E-state index in [1.807, 2.05) is 13.0 Å². The number of halogens is 1. The van der Waals surface area contributed by atoms with E-state index in [2.05, 4.69) is 36.5 Å². The van der Waals surface area contributed by atoms with Crippen LogP contribution < -0.4 is 5.32 Å². The smallest absolute Gasteiger partial charge is 0.123 e. The molecular formula is C18H20FN. The molecule has 1 nitrogen and oxygen atoms in total. The number of benzene rings is 2. The summed E-state index contributed by atoms with van der Waals surface area (Å²) < 4.78 is 13.2. The predicted molar refractivity (Wildman–Crippen MR) is 80.6 cm³/mol. The molecule has 1 aliphatic heterocycles. The summed E-state index contributed by atoms with van der Waals surface area (Å²) in [4.78, 5) is 0. The van der Waals surface area contributed by atoms with Gasteiger partial charge >= 0.3 is 0 Å². The SMILES string of the molecule is Cc1ccc(C2(Cc3ccc(F)cc3C)CNC2)cc1. The van der Waals surface area contributed by atoms with Crippen LogP contribution in [0.15, 0.2) is 42.5 Å². The van der Waals surface area contributed by atoms with Crippen molar-refractivity contribution in [1.29, 1.82) is 0 Å². The number of nitrogens with one attached hydrogen (secondary N) is 1. The number of rotatable bonds is 3. The monoisotopic (exact) mass is 269 g/mol. The lowest BCUT2D eigenvalue weighted by molar-refractivity contribution is 0.274. The summed E-state index contributed by atoms with van der Waals surface area (Å²) in [5.41, 5.74) is 5.12. The van der Waals surface area contributed by atoms with Crippen molar-refractivity contribution in [3.8, 4) is 0 Å². The predicted octanol–water partition coefficient (Wildman–Crippen LogP) is 3.53. The lowest BCUT2D eigenvalue weighted by atomic mass is 9.70. The summed E-state index contributed by atoms with van der Waals surface area (Å²) in [5, 5.41) is 3.39. The van der Waals surface area contributed by atoms with E-state index in [1.165, 1.54) is 16.7 Å². The minimum atomic E-state index is -0.151. The van der Waals surface area contributed by atoms with Gasteiger partial charge < -0.3 is 5.32 Å². The van der Waals surface area contributed by atoms with Gasteiger partial charge in [-0.25, -0.2) is 4.39 Å². The first-order valence-electron chi connectivity index (χ1n) is 7.12. The average Bonchev–Trinajstić information content (AvgIpc) is 2.37. The average molecular weight is 269 g/mol. The Morgan fingerprint density at radius 2 is 1.75 bits per heavy atom. The zero-order valence-corrected chi connectivity index (χ0v) is 12.0. The molecule has 3 rings (SSSR count). The van der Waals surface area contributed by atoms with Gasteiger partial charge in [0, 0.05) is 18.5 Å². The largest absolute Gasteiger partial charge is 0.315 e. The lowest BCUT2D eigenvalue weighted by Gasteiger charge is -2.44. The quantitative estimate of drug-likeness (QED) is 0.899. The molecule has 0 radical (unpaired) electrons. The van der Waals surface area contributed by atoms with E-state index in [0.717, 1.165) is 25.1 Å². The summed E-state index contributed by atoms with van der Waals surface area (Å²) in [6.45, 7) is 6.09. The van der Waals surface area contributed by atoms with Gasteiger partial charge in [-0.05, 0) is 49.1 Å². The zero-order valence-electron chi connectivity index (χ0n) is 12.0. The van der Waals surface area contributed by atoms with Crippen molar-refractivity contribution in [1.82, 2.24) is 5.32 Å². The summed E-state index contributed by atoms with van der Waals surface area (Å²) in [6.07, 6.45) is 0.967. The van der Waals surface area contributed by atoms with E-state index in [-0.39, 0.29) is 11.2 Å². The van der Waals surface area contributed by atoms with Gasteiger partial charge in [0.15, 0.2) is 0 Å². The maximum Gasteiger partial charge on any atom is 0.123 e. The number of aryl methyl sites for hydroxylation is 2. The Balaban J connectivity index is 1.91. The highest BCUT2D eigenvalue weighted by atomic mass is 19.1. The Morgan fingerprint density at radius 3 is 2.30 bits per heavy atom. The van der Waals surface area contributed by atoms with Gasteiger partial charge in [0.25, 0.3) is 0 Å². The molecule has 0 amide bonds. The highest BCUT2D eigenvalue weighted by Gasteiger charge is 2.38. The summed E-state index contributed by atoms with van der Waals surface area (Å²) in [7, 11) is 0. The van der Waals surface area contributed by atoms with Gasteiger partial charge in [-0.1, -0.05) is 35.9 Å². The van der Waals surface area contributed by atoms with E-state index < -0.39 is 0 Å². The molecule has 104 valence electrons. The first-order valence-corrected chi connectivity index (χ1v) is 7.12. The molecule has 0 saturated carbocycles. The molecule has 20 heavy (non-hydrogen) atoms. The first kappa shape index (κ1) is 13.3. The van der Waals surface area contributed by atoms with Crippen molar-refractivity contribution in [2.24, 2.45) is 0 Å². The maximum atomic E-state index is 13.2. The van der Waals surface area contributed by atoms with E-state index in [1.54, 1.807) is 12.1 Å². The number of hydrogen-bond acceptors (Lipinski definition) is 1. The Hall–Kier alpha value is -1.67. The van der Waals surface area contributed by atoms with Crippen molar-refractivity contribution in [2.45, 2.75) is 25.7 Å². The van der Waals surface area contributed by atoms with Crippen molar-refractivity contribution in [3.63, 3.8) is 0 Å². The molecule has 2 heteroatoms. The molecule has 2 aromatic rings. The molecule has 0 unspecified atom stereocenters. The van der Waals surface area contributed by atoms with Gasteiger partial charge in [0.1, 0.15) is 5.82 Å². The van der Waals surface area contributed by atoms with Crippen LogP contribution in [0.1, 0.15) is 22.3 Å². The fourth-order valence-electron chi connectivity index (χ4n) is 2.99. The molecule has 1 saturated heterocycles. The third-order valence-corrected chi connectivity index (χ3v) is 4.42. The summed E-state index contributed by atoms with van der Waals surface area (Å²) in [6, 6.07) is 13.9. The van der Waals surface area contributed by atoms with E-state index >= 15 is 0 Å². The first-order chi connectivity index (χ1) is 9.59. The lowest BCUT2D eigenvalue weighted by Crippen LogP contribution is -2.58. The highest BCUT2D eigenvalue weighted by Crippen LogP contribution is 2.33. The minimum absolute atomic E-state index is 0.151. The van der Waals surface area contributed by atoms with Crippen molar-refractivity contribution < 1.29 is 4.39 Å². The Bertz CT molecular complexity index is 612. The van der Waals surface area contributed by atoms with Crippen LogP contribution in [-0.2, 0) is 11.8 Å². The van der Waals surface area contributed by atoms with E-state index in [9.17, 15) is 4.39 Å². The maximum absolute atomic E-state index is 13.2. The van der Waals surface area contributed by atoms with Crippen molar-refractivity contribution in [3.05, 3.63) is 70.5 Å². The van der Waals surface area contributed by atoms with Crippen LogP contribution in [0.4, 0.5) is 4.39 Å². The topological polar surface area (TPSA) is 12.0 Å². The third kappa shape index (κ3) is 2.36. The van der Waals surface area contributed by atoms with Crippen molar-refractivity contribution in [2.75, 3.05) is 13.1 Å². The molecule has 1 aliphatic rings. The Kier molecular flexibility index (Phi) is 3.35. The van der Waals surface area contributed by atoms with Crippen LogP contribution in [-0.4, -0.2) is 13.1 Å². The molecule has 1 fully saturated rings. The van der Waals surface area contributed by atoms with Crippen LogP contribution in [0.5, 0.6) is 0 Å². The second-order valence-corrected chi connectivity index (χ2v) is 6.00. The van der Waals surface area contributed by atoms with Crippen LogP contribution in [0.2, 0.25) is 0 Å². The van der Waals surface area contributed by atoms with Gasteiger partial charge in [-0.3, -0.25) is 0 Å². The van der Waals surface area contributed by atoms with Crippen LogP contribution in [0.25, 0.3) is 0 Å². The van der Waals surface area contributed by atoms with E-state index in [4.69, 9.17) is 0 Å². The fraction of sp³-hybridized carbons (Fsp3) is 0.333. The molecule has 2 aromatic carbocycles. The number of hydrogen-bond donors (Lipinski definition) is 1. The molecule has 0 aliphatic carbocycles. The molecule has 1 N–H and O–H groups in total. The normalized spacial score (nSPS) is 16.8. The van der Waals surface area contributed by atoms with Crippen LogP contribution in [0.3, 0.4) is 0 Å². The molecule has 0 aromatic heterocycles. The van der Waals surface area contributed by atoms with Crippen molar-refractivity contribution >= 4 is 0 Å². The van der Waals surface area contributed by atoms with E-state index in [0.29, 0.717) is 0 Å². The second-order valence-electron chi connectivity index (χ2n) is 6.00. The molecule has 0 bridgehead atoms. The van der Waals surface area contributed by atoms with Crippen LogP contribution >= 0.6 is 0 Å². The molecule has 0 atom stereocenters. The van der Waals surface area contributed by atoms with Gasteiger partial charge in [-0.15, -0.1) is 0 Å². The molecular weight excluding hydrogens is 249 g/mol. The third-order valence-electron chi connectivity index (χ3n) is 4.42. The Labute approximate surface area is 119 Å². The highest BCUT2D eigenvalue weighted by molar-refractivity contribution is 5.37. The van der Waals surface area contributed by atoms with Gasteiger partial charge in [0.05, 0.1) is 0 Å². The van der Waals surface area contributed by atoms with Gasteiger partial charge in [0.2, 0.25) is 0 Å². The van der Waals surface area contributed by atoms with Crippen LogP contribution in [0, 0.1) is 19.7 Å². The minimum Gasteiger partial charge on any atom is -0.315 e. The summed E-state index contributed by atoms with van der Waals surface area (Å²) in [5.74, 6) is -0.151. The Morgan fingerprint density at radius 1 is 1.05 bits per heavy atom. The second kappa shape index (κ2) is 5.02.